The molecule has 0 fully saturated rings. The molecule has 30 heavy (non-hydrogen) atoms. The fourth-order valence-electron chi connectivity index (χ4n) is 4.44. The van der Waals surface area contributed by atoms with Crippen molar-refractivity contribution in [2.75, 3.05) is 7.05 Å². The number of aryl methyl sites for hydroxylation is 3. The number of rotatable bonds is 9. The number of hydrogen-bond donors (Lipinski definition) is 0. The first-order valence-corrected chi connectivity index (χ1v) is 11.4. The average molecular weight is 401 g/mol. The minimum atomic E-state index is 0.433. The van der Waals surface area contributed by atoms with E-state index in [4.69, 9.17) is 4.98 Å². The van der Waals surface area contributed by atoms with Crippen molar-refractivity contribution in [3.05, 3.63) is 88.6 Å². The van der Waals surface area contributed by atoms with E-state index in [0.29, 0.717) is 6.04 Å². The van der Waals surface area contributed by atoms with Crippen LogP contribution in [-0.4, -0.2) is 16.9 Å². The summed E-state index contributed by atoms with van der Waals surface area (Å²) in [6.07, 6.45) is 4.40. The van der Waals surface area contributed by atoms with E-state index in [2.05, 4.69) is 100 Å². The fraction of sp³-hybridized carbons (Fsp3) is 0.393. The molecule has 158 valence electrons. The molecule has 1 atom stereocenters. The summed E-state index contributed by atoms with van der Waals surface area (Å²) in [4.78, 5) is 7.54. The highest BCUT2D eigenvalue weighted by molar-refractivity contribution is 5.68. The second kappa shape index (κ2) is 10.5. The maximum Gasteiger partial charge on any atom is 0.0710 e. The van der Waals surface area contributed by atoms with Crippen LogP contribution in [0.5, 0.6) is 0 Å². The summed E-state index contributed by atoms with van der Waals surface area (Å²) in [5.74, 6) is 0. The van der Waals surface area contributed by atoms with Crippen molar-refractivity contribution in [1.29, 1.82) is 0 Å². The molecule has 0 aliphatic heterocycles. The monoisotopic (exact) mass is 400 g/mol. The van der Waals surface area contributed by atoms with Gasteiger partial charge in [-0.25, -0.2) is 0 Å². The Kier molecular flexibility index (Phi) is 7.81. The summed E-state index contributed by atoms with van der Waals surface area (Å²) in [5.41, 5.74) is 9.06. The molecule has 1 aromatic heterocycles. The molecule has 0 aliphatic rings. The molecule has 1 unspecified atom stereocenters. The Labute approximate surface area is 183 Å². The maximum absolute atomic E-state index is 5.07. The summed E-state index contributed by atoms with van der Waals surface area (Å²) < 4.78 is 0. The van der Waals surface area contributed by atoms with Gasteiger partial charge in [0.15, 0.2) is 0 Å². The Morgan fingerprint density at radius 3 is 2.03 bits per heavy atom. The van der Waals surface area contributed by atoms with Crippen LogP contribution in [0, 0.1) is 6.92 Å². The minimum absolute atomic E-state index is 0.433. The molecule has 3 aromatic rings. The lowest BCUT2D eigenvalue weighted by molar-refractivity contribution is 0.222. The largest absolute Gasteiger partial charge is 0.295 e. The summed E-state index contributed by atoms with van der Waals surface area (Å²) in [5, 5.41) is 0. The second-order valence-electron chi connectivity index (χ2n) is 8.23. The van der Waals surface area contributed by atoms with Gasteiger partial charge in [0.1, 0.15) is 0 Å². The maximum atomic E-state index is 5.07. The molecule has 0 saturated heterocycles. The van der Waals surface area contributed by atoms with Crippen LogP contribution in [0.3, 0.4) is 0 Å². The number of benzene rings is 2. The smallest absolute Gasteiger partial charge is 0.0710 e. The lowest BCUT2D eigenvalue weighted by atomic mass is 9.94. The van der Waals surface area contributed by atoms with Gasteiger partial charge in [0.2, 0.25) is 0 Å². The van der Waals surface area contributed by atoms with Crippen molar-refractivity contribution in [2.45, 2.75) is 66.0 Å². The zero-order valence-corrected chi connectivity index (χ0v) is 19.3. The van der Waals surface area contributed by atoms with Crippen LogP contribution in [0.25, 0.3) is 11.3 Å². The van der Waals surface area contributed by atoms with Crippen LogP contribution in [0.4, 0.5) is 0 Å². The standard InChI is InChI=1S/C28H36N2/c1-6-13-27(24-14-10-9-11-15-24)30(5)20-25-18-19-26(29-21(25)4)28-22(7-2)16-12-17-23(28)8-3/h9-12,14-19,27H,6-8,13,20H2,1-5H3. The van der Waals surface area contributed by atoms with Gasteiger partial charge in [-0.1, -0.05) is 81.8 Å². The van der Waals surface area contributed by atoms with Crippen molar-refractivity contribution >= 4 is 0 Å². The average Bonchev–Trinajstić information content (AvgIpc) is 2.78. The molecule has 0 aliphatic carbocycles. The van der Waals surface area contributed by atoms with Gasteiger partial charge in [0.25, 0.3) is 0 Å². The van der Waals surface area contributed by atoms with Gasteiger partial charge in [-0.2, -0.15) is 0 Å². The summed E-state index contributed by atoms with van der Waals surface area (Å²) in [6.45, 7) is 9.79. The number of hydrogen-bond acceptors (Lipinski definition) is 2. The zero-order valence-electron chi connectivity index (χ0n) is 19.3. The molecule has 0 radical (unpaired) electrons. The topological polar surface area (TPSA) is 16.1 Å². The number of nitrogens with zero attached hydrogens (tertiary/aromatic N) is 2. The summed E-state index contributed by atoms with van der Waals surface area (Å²) in [7, 11) is 2.24. The third-order valence-corrected chi connectivity index (χ3v) is 6.15. The van der Waals surface area contributed by atoms with Crippen molar-refractivity contribution < 1.29 is 0 Å². The third-order valence-electron chi connectivity index (χ3n) is 6.15. The van der Waals surface area contributed by atoms with Gasteiger partial charge in [-0.05, 0) is 61.6 Å². The molecule has 0 spiro atoms. The number of aromatic nitrogens is 1. The van der Waals surface area contributed by atoms with Crippen LogP contribution in [0.15, 0.2) is 60.7 Å². The Morgan fingerprint density at radius 1 is 0.800 bits per heavy atom. The van der Waals surface area contributed by atoms with Crippen LogP contribution in [-0.2, 0) is 19.4 Å². The molecule has 2 heteroatoms. The van der Waals surface area contributed by atoms with E-state index in [9.17, 15) is 0 Å². The molecule has 2 nitrogen and oxygen atoms in total. The fourth-order valence-corrected chi connectivity index (χ4v) is 4.44. The van der Waals surface area contributed by atoms with Gasteiger partial charge in [0, 0.05) is 23.8 Å². The summed E-state index contributed by atoms with van der Waals surface area (Å²) in [6, 6.07) is 22.5. The minimum Gasteiger partial charge on any atom is -0.295 e. The lowest BCUT2D eigenvalue weighted by Crippen LogP contribution is -2.24. The highest BCUT2D eigenvalue weighted by atomic mass is 15.1. The zero-order chi connectivity index (χ0) is 21.5. The number of pyridine rings is 1. The predicted octanol–water partition coefficient (Wildman–Crippen LogP) is 7.16. The lowest BCUT2D eigenvalue weighted by Gasteiger charge is -2.29. The van der Waals surface area contributed by atoms with Crippen molar-refractivity contribution in [1.82, 2.24) is 9.88 Å². The van der Waals surface area contributed by atoms with Crippen LogP contribution in [0.2, 0.25) is 0 Å². The molecule has 3 rings (SSSR count). The first-order valence-electron chi connectivity index (χ1n) is 11.4. The molecule has 1 heterocycles. The molecule has 0 saturated carbocycles. The van der Waals surface area contributed by atoms with Crippen LogP contribution >= 0.6 is 0 Å². The Hall–Kier alpha value is -2.45. The molecule has 0 amide bonds. The van der Waals surface area contributed by atoms with Gasteiger partial charge < -0.3 is 0 Å². The van der Waals surface area contributed by atoms with Crippen molar-refractivity contribution in [3.8, 4) is 11.3 Å². The normalized spacial score (nSPS) is 12.3. The highest BCUT2D eigenvalue weighted by Gasteiger charge is 2.18. The third kappa shape index (κ3) is 4.99. The van der Waals surface area contributed by atoms with Crippen LogP contribution < -0.4 is 0 Å². The van der Waals surface area contributed by atoms with E-state index >= 15 is 0 Å². The highest BCUT2D eigenvalue weighted by Crippen LogP contribution is 2.30. The predicted molar refractivity (Wildman–Crippen MR) is 129 cm³/mol. The Morgan fingerprint density at radius 2 is 1.47 bits per heavy atom. The van der Waals surface area contributed by atoms with E-state index in [1.807, 2.05) is 0 Å². The first-order chi connectivity index (χ1) is 14.6. The first kappa shape index (κ1) is 22.2. The van der Waals surface area contributed by atoms with Gasteiger partial charge in [0.05, 0.1) is 5.69 Å². The van der Waals surface area contributed by atoms with Gasteiger partial charge >= 0.3 is 0 Å². The van der Waals surface area contributed by atoms with E-state index < -0.39 is 0 Å². The van der Waals surface area contributed by atoms with Crippen molar-refractivity contribution in [2.24, 2.45) is 0 Å². The molecular weight excluding hydrogens is 364 g/mol. The Bertz CT molecular complexity index is 924. The molecular formula is C28H36N2. The van der Waals surface area contributed by atoms with Crippen molar-refractivity contribution in [3.63, 3.8) is 0 Å². The van der Waals surface area contributed by atoms with E-state index in [0.717, 1.165) is 37.2 Å². The van der Waals surface area contributed by atoms with E-state index in [1.165, 1.54) is 34.2 Å². The molecule has 2 aromatic carbocycles. The van der Waals surface area contributed by atoms with Gasteiger partial charge in [-0.3, -0.25) is 9.88 Å². The van der Waals surface area contributed by atoms with E-state index in [-0.39, 0.29) is 0 Å². The van der Waals surface area contributed by atoms with Crippen LogP contribution in [0.1, 0.15) is 67.6 Å². The molecule has 0 N–H and O–H groups in total. The van der Waals surface area contributed by atoms with Gasteiger partial charge in [-0.15, -0.1) is 0 Å². The Balaban J connectivity index is 1.87. The summed E-state index contributed by atoms with van der Waals surface area (Å²) >= 11 is 0. The quantitative estimate of drug-likeness (QED) is 0.379. The second-order valence-corrected chi connectivity index (χ2v) is 8.23. The van der Waals surface area contributed by atoms with E-state index in [1.54, 1.807) is 0 Å². The molecule has 0 bridgehead atoms. The SMILES string of the molecule is CCCC(c1ccccc1)N(C)Cc1ccc(-c2c(CC)cccc2CC)nc1C.